The average molecular weight is 195 g/mol. The van der Waals surface area contributed by atoms with Crippen LogP contribution in [0.4, 0.5) is 0 Å². The van der Waals surface area contributed by atoms with Crippen molar-refractivity contribution in [1.82, 2.24) is 0 Å². The number of nitrogens with two attached hydrogens (primary N) is 1. The van der Waals surface area contributed by atoms with Crippen molar-refractivity contribution < 1.29 is 4.79 Å². The van der Waals surface area contributed by atoms with Crippen molar-refractivity contribution in [2.24, 2.45) is 11.7 Å². The van der Waals surface area contributed by atoms with Gasteiger partial charge >= 0.3 is 0 Å². The highest BCUT2D eigenvalue weighted by Gasteiger charge is 2.21. The van der Waals surface area contributed by atoms with Gasteiger partial charge < -0.3 is 5.73 Å². The van der Waals surface area contributed by atoms with Crippen LogP contribution in [-0.2, 0) is 4.79 Å². The number of unbranched alkanes of at least 4 members (excludes halogenated alkanes) is 3. The maximum absolute atomic E-state index is 11.6. The van der Waals surface area contributed by atoms with Crippen LogP contribution in [0.15, 0.2) is 12.2 Å². The first kappa shape index (κ1) is 11.4. The Balaban J connectivity index is 2.13. The quantitative estimate of drug-likeness (QED) is 0.522. The standard InChI is InChI=1S/C12H21NO/c1-2-3-4-5-6-12(14)10-7-8-11(13)9-10/h7-8,10-11H,2-6,9,13H2,1H3. The highest BCUT2D eigenvalue weighted by molar-refractivity contribution is 5.83. The maximum Gasteiger partial charge on any atom is 0.139 e. The topological polar surface area (TPSA) is 43.1 Å². The minimum Gasteiger partial charge on any atom is -0.324 e. The number of hydrogen-bond acceptors (Lipinski definition) is 2. The molecule has 0 fully saturated rings. The van der Waals surface area contributed by atoms with Gasteiger partial charge in [-0.2, -0.15) is 0 Å². The molecule has 0 aromatic carbocycles. The maximum atomic E-state index is 11.6. The van der Waals surface area contributed by atoms with Crippen molar-refractivity contribution in [2.45, 2.75) is 51.5 Å². The second-order valence-corrected chi connectivity index (χ2v) is 4.17. The number of hydrogen-bond donors (Lipinski definition) is 1. The smallest absolute Gasteiger partial charge is 0.139 e. The first-order valence-corrected chi connectivity index (χ1v) is 5.70. The van der Waals surface area contributed by atoms with Gasteiger partial charge in [-0.05, 0) is 12.8 Å². The molecule has 2 atom stereocenters. The van der Waals surface area contributed by atoms with Crippen molar-refractivity contribution in [3.8, 4) is 0 Å². The van der Waals surface area contributed by atoms with Crippen molar-refractivity contribution in [1.29, 1.82) is 0 Å². The van der Waals surface area contributed by atoms with E-state index in [0.29, 0.717) is 5.78 Å². The SMILES string of the molecule is CCCCCCC(=O)C1C=CC(N)C1. The molecule has 0 spiro atoms. The lowest BCUT2D eigenvalue weighted by Gasteiger charge is -2.07. The molecule has 1 rings (SSSR count). The van der Waals surface area contributed by atoms with Gasteiger partial charge in [0.15, 0.2) is 0 Å². The minimum absolute atomic E-state index is 0.111. The third-order valence-electron chi connectivity index (χ3n) is 2.81. The van der Waals surface area contributed by atoms with Crippen LogP contribution in [0, 0.1) is 5.92 Å². The fourth-order valence-corrected chi connectivity index (χ4v) is 1.88. The molecule has 2 N–H and O–H groups in total. The molecule has 0 radical (unpaired) electrons. The van der Waals surface area contributed by atoms with Crippen LogP contribution >= 0.6 is 0 Å². The summed E-state index contributed by atoms with van der Waals surface area (Å²) in [5.74, 6) is 0.497. The van der Waals surface area contributed by atoms with Crippen molar-refractivity contribution in [3.63, 3.8) is 0 Å². The second kappa shape index (κ2) is 5.97. The van der Waals surface area contributed by atoms with E-state index in [1.54, 1.807) is 0 Å². The van der Waals surface area contributed by atoms with Crippen molar-refractivity contribution in [3.05, 3.63) is 12.2 Å². The Morgan fingerprint density at radius 2 is 2.14 bits per heavy atom. The molecule has 2 nitrogen and oxygen atoms in total. The van der Waals surface area contributed by atoms with Gasteiger partial charge in [0, 0.05) is 18.4 Å². The number of carbonyl (C=O) groups excluding carboxylic acids is 1. The molecule has 0 heterocycles. The summed E-state index contributed by atoms with van der Waals surface area (Å²) in [4.78, 5) is 11.6. The fourth-order valence-electron chi connectivity index (χ4n) is 1.88. The van der Waals surface area contributed by atoms with Gasteiger partial charge in [0.2, 0.25) is 0 Å². The molecule has 0 aromatic rings. The zero-order valence-corrected chi connectivity index (χ0v) is 9.04. The molecule has 2 unspecified atom stereocenters. The van der Waals surface area contributed by atoms with E-state index in [1.165, 1.54) is 19.3 Å². The molecule has 2 heteroatoms. The van der Waals surface area contributed by atoms with Crippen LogP contribution < -0.4 is 5.73 Å². The number of rotatable bonds is 6. The molecular formula is C12H21NO. The Hall–Kier alpha value is -0.630. The van der Waals surface area contributed by atoms with E-state index < -0.39 is 0 Å². The average Bonchev–Trinajstić information content (AvgIpc) is 2.59. The number of allylic oxidation sites excluding steroid dienone is 1. The van der Waals surface area contributed by atoms with E-state index >= 15 is 0 Å². The predicted molar refractivity (Wildman–Crippen MR) is 59.0 cm³/mol. The Morgan fingerprint density at radius 3 is 2.71 bits per heavy atom. The summed E-state index contributed by atoms with van der Waals surface area (Å²) in [7, 11) is 0. The molecule has 14 heavy (non-hydrogen) atoms. The monoisotopic (exact) mass is 195 g/mol. The van der Waals surface area contributed by atoms with E-state index in [1.807, 2.05) is 12.2 Å². The second-order valence-electron chi connectivity index (χ2n) is 4.17. The van der Waals surface area contributed by atoms with Crippen LogP contribution in [-0.4, -0.2) is 11.8 Å². The molecule has 0 amide bonds. The zero-order valence-electron chi connectivity index (χ0n) is 9.04. The molecule has 1 aliphatic rings. The third kappa shape index (κ3) is 3.62. The van der Waals surface area contributed by atoms with Crippen LogP contribution in [0.5, 0.6) is 0 Å². The highest BCUT2D eigenvalue weighted by Crippen LogP contribution is 2.19. The highest BCUT2D eigenvalue weighted by atomic mass is 16.1. The summed E-state index contributed by atoms with van der Waals surface area (Å²) in [5, 5.41) is 0. The lowest BCUT2D eigenvalue weighted by Crippen LogP contribution is -2.18. The van der Waals surface area contributed by atoms with Crippen LogP contribution in [0.25, 0.3) is 0 Å². The van der Waals surface area contributed by atoms with Gasteiger partial charge in [-0.1, -0.05) is 38.3 Å². The van der Waals surface area contributed by atoms with Gasteiger partial charge in [0.05, 0.1) is 0 Å². The lowest BCUT2D eigenvalue weighted by molar-refractivity contribution is -0.121. The van der Waals surface area contributed by atoms with Gasteiger partial charge in [0.25, 0.3) is 0 Å². The summed E-state index contributed by atoms with van der Waals surface area (Å²) >= 11 is 0. The normalized spacial score (nSPS) is 25.6. The van der Waals surface area contributed by atoms with Gasteiger partial charge in [-0.3, -0.25) is 4.79 Å². The number of ketones is 1. The molecule has 80 valence electrons. The van der Waals surface area contributed by atoms with Crippen LogP contribution in [0.2, 0.25) is 0 Å². The minimum atomic E-state index is 0.111. The molecule has 1 aliphatic carbocycles. The molecule has 0 saturated carbocycles. The van der Waals surface area contributed by atoms with E-state index in [-0.39, 0.29) is 12.0 Å². The molecule has 0 aliphatic heterocycles. The zero-order chi connectivity index (χ0) is 10.4. The van der Waals surface area contributed by atoms with Gasteiger partial charge in [-0.25, -0.2) is 0 Å². The van der Waals surface area contributed by atoms with E-state index in [2.05, 4.69) is 6.92 Å². The van der Waals surface area contributed by atoms with Gasteiger partial charge in [0.1, 0.15) is 5.78 Å². The van der Waals surface area contributed by atoms with E-state index in [0.717, 1.165) is 19.3 Å². The Labute approximate surface area is 86.6 Å². The molecule has 0 saturated heterocycles. The Morgan fingerprint density at radius 1 is 1.36 bits per heavy atom. The number of carbonyl (C=O) groups is 1. The number of Topliss-reactive ketones (excluding diaryl/α,β-unsaturated/α-hetero) is 1. The Bertz CT molecular complexity index is 210. The van der Waals surface area contributed by atoms with Crippen LogP contribution in [0.3, 0.4) is 0 Å². The summed E-state index contributed by atoms with van der Waals surface area (Å²) in [5.41, 5.74) is 5.70. The molecular weight excluding hydrogens is 174 g/mol. The molecule has 0 bridgehead atoms. The van der Waals surface area contributed by atoms with E-state index in [4.69, 9.17) is 5.73 Å². The first-order valence-electron chi connectivity index (χ1n) is 5.70. The summed E-state index contributed by atoms with van der Waals surface area (Å²) in [6.45, 7) is 2.18. The summed E-state index contributed by atoms with van der Waals surface area (Å²) < 4.78 is 0. The van der Waals surface area contributed by atoms with Crippen molar-refractivity contribution in [2.75, 3.05) is 0 Å². The summed E-state index contributed by atoms with van der Waals surface area (Å²) in [6.07, 6.45) is 10.2. The van der Waals surface area contributed by atoms with Gasteiger partial charge in [-0.15, -0.1) is 0 Å². The Kier molecular flexibility index (Phi) is 4.88. The van der Waals surface area contributed by atoms with Crippen molar-refractivity contribution >= 4 is 5.78 Å². The largest absolute Gasteiger partial charge is 0.324 e. The lowest BCUT2D eigenvalue weighted by atomic mass is 9.98. The van der Waals surface area contributed by atoms with E-state index in [9.17, 15) is 4.79 Å². The first-order chi connectivity index (χ1) is 6.74. The van der Waals surface area contributed by atoms with Crippen LogP contribution in [0.1, 0.15) is 45.4 Å². The third-order valence-corrected chi connectivity index (χ3v) is 2.81. The fraction of sp³-hybridized carbons (Fsp3) is 0.750. The summed E-state index contributed by atoms with van der Waals surface area (Å²) in [6, 6.07) is 0.111. The predicted octanol–water partition coefficient (Wildman–Crippen LogP) is 2.43. The molecule has 0 aromatic heterocycles.